The molecular formula is C18H14BrNO6. The summed E-state index contributed by atoms with van der Waals surface area (Å²) in [6.07, 6.45) is 2.80. The minimum Gasteiger partial charge on any atom is -0.431 e. The number of hydrogen-bond acceptors (Lipinski definition) is 6. The Labute approximate surface area is 157 Å². The van der Waals surface area contributed by atoms with Crippen LogP contribution in [0.5, 0.6) is 5.75 Å². The van der Waals surface area contributed by atoms with Gasteiger partial charge in [0.2, 0.25) is 0 Å². The number of carbonyl (C=O) groups excluding carboxylic acids is 2. The highest BCUT2D eigenvalue weighted by Gasteiger charge is 2.20. The Hall–Kier alpha value is -3.00. The molecule has 0 amide bonds. The van der Waals surface area contributed by atoms with E-state index in [0.29, 0.717) is 0 Å². The lowest BCUT2D eigenvalue weighted by Gasteiger charge is -2.08. The lowest BCUT2D eigenvalue weighted by molar-refractivity contribution is -0.384. The minimum absolute atomic E-state index is 0.0907. The summed E-state index contributed by atoms with van der Waals surface area (Å²) >= 11 is 3.36. The summed E-state index contributed by atoms with van der Waals surface area (Å²) in [5.41, 5.74) is 0.248. The Balaban J connectivity index is 2.25. The molecule has 134 valence electrons. The van der Waals surface area contributed by atoms with Gasteiger partial charge in [-0.05, 0) is 23.8 Å². The van der Waals surface area contributed by atoms with Gasteiger partial charge < -0.3 is 9.47 Å². The van der Waals surface area contributed by atoms with E-state index in [1.165, 1.54) is 6.07 Å². The van der Waals surface area contributed by atoms with Gasteiger partial charge in [0.05, 0.1) is 11.2 Å². The standard InChI is InChI=1S/C18H14BrNO6/c1-2-17(21)26-16-8-7-13(20(23)24)11-14(16)18(22)25-10-9-12-5-3-4-6-15(12)19/h3-11H,2H2,1H3. The zero-order valence-electron chi connectivity index (χ0n) is 13.7. The molecule has 0 aliphatic carbocycles. The van der Waals surface area contributed by atoms with Gasteiger partial charge in [-0.3, -0.25) is 14.9 Å². The first kappa shape index (κ1) is 19.3. The van der Waals surface area contributed by atoms with Gasteiger partial charge in [0.25, 0.3) is 5.69 Å². The van der Waals surface area contributed by atoms with Crippen LogP contribution in [-0.2, 0) is 9.53 Å². The van der Waals surface area contributed by atoms with Crippen molar-refractivity contribution < 1.29 is 24.0 Å². The van der Waals surface area contributed by atoms with Crippen molar-refractivity contribution in [2.75, 3.05) is 0 Å². The molecule has 0 heterocycles. The molecule has 0 N–H and O–H groups in total. The van der Waals surface area contributed by atoms with Crippen LogP contribution in [0.25, 0.3) is 6.08 Å². The van der Waals surface area contributed by atoms with E-state index in [1.807, 2.05) is 18.2 Å². The van der Waals surface area contributed by atoms with Gasteiger partial charge >= 0.3 is 11.9 Å². The Morgan fingerprint density at radius 1 is 1.23 bits per heavy atom. The second-order valence-electron chi connectivity index (χ2n) is 4.99. The Bertz CT molecular complexity index is 878. The van der Waals surface area contributed by atoms with Crippen LogP contribution in [0.4, 0.5) is 5.69 Å². The van der Waals surface area contributed by atoms with Crippen LogP contribution >= 0.6 is 15.9 Å². The van der Waals surface area contributed by atoms with E-state index in [0.717, 1.165) is 28.4 Å². The Kier molecular flexibility index (Phi) is 6.62. The minimum atomic E-state index is -0.879. The predicted octanol–water partition coefficient (Wildman–Crippen LogP) is 4.50. The third-order valence-corrected chi connectivity index (χ3v) is 3.96. The first-order chi connectivity index (χ1) is 12.4. The van der Waals surface area contributed by atoms with Gasteiger partial charge in [0.1, 0.15) is 11.3 Å². The molecule has 0 saturated carbocycles. The maximum Gasteiger partial charge on any atom is 0.347 e. The molecule has 2 aromatic carbocycles. The van der Waals surface area contributed by atoms with E-state index < -0.39 is 16.9 Å². The molecule has 0 aliphatic rings. The third kappa shape index (κ3) is 5.00. The number of esters is 2. The average molecular weight is 420 g/mol. The van der Waals surface area contributed by atoms with E-state index in [9.17, 15) is 19.7 Å². The molecule has 2 aromatic rings. The maximum atomic E-state index is 12.3. The van der Waals surface area contributed by atoms with Crippen molar-refractivity contribution >= 4 is 39.6 Å². The largest absolute Gasteiger partial charge is 0.431 e. The van der Waals surface area contributed by atoms with Crippen molar-refractivity contribution in [1.82, 2.24) is 0 Å². The summed E-state index contributed by atoms with van der Waals surface area (Å²) in [6.45, 7) is 1.59. The fraction of sp³-hybridized carbons (Fsp3) is 0.111. The summed E-state index contributed by atoms with van der Waals surface area (Å²) in [4.78, 5) is 34.0. The molecule has 2 rings (SSSR count). The number of nitro groups is 1. The van der Waals surface area contributed by atoms with Gasteiger partial charge in [0, 0.05) is 23.0 Å². The number of carbonyl (C=O) groups is 2. The molecule has 0 bridgehead atoms. The quantitative estimate of drug-likeness (QED) is 0.225. The highest BCUT2D eigenvalue weighted by Crippen LogP contribution is 2.26. The van der Waals surface area contributed by atoms with E-state index in [4.69, 9.17) is 9.47 Å². The van der Waals surface area contributed by atoms with Crippen molar-refractivity contribution in [2.45, 2.75) is 13.3 Å². The normalized spacial score (nSPS) is 10.5. The molecule has 0 radical (unpaired) electrons. The van der Waals surface area contributed by atoms with E-state index >= 15 is 0 Å². The van der Waals surface area contributed by atoms with Crippen molar-refractivity contribution in [2.24, 2.45) is 0 Å². The molecule has 0 fully saturated rings. The zero-order valence-corrected chi connectivity index (χ0v) is 15.3. The monoisotopic (exact) mass is 419 g/mol. The number of nitro benzene ring substituents is 1. The first-order valence-electron chi connectivity index (χ1n) is 7.53. The van der Waals surface area contributed by atoms with E-state index in [1.54, 1.807) is 19.1 Å². The number of rotatable bonds is 6. The van der Waals surface area contributed by atoms with Gasteiger partial charge in [-0.25, -0.2) is 4.79 Å². The van der Waals surface area contributed by atoms with Gasteiger partial charge in [0.15, 0.2) is 0 Å². The lowest BCUT2D eigenvalue weighted by atomic mass is 10.2. The molecule has 0 spiro atoms. The molecule has 26 heavy (non-hydrogen) atoms. The topological polar surface area (TPSA) is 95.7 Å². The SMILES string of the molecule is CCC(=O)Oc1ccc([N+](=O)[O-])cc1C(=O)OC=Cc1ccccc1Br. The van der Waals surface area contributed by atoms with Gasteiger partial charge in [-0.1, -0.05) is 41.1 Å². The second-order valence-corrected chi connectivity index (χ2v) is 5.85. The summed E-state index contributed by atoms with van der Waals surface area (Å²) in [6, 6.07) is 10.6. The fourth-order valence-corrected chi connectivity index (χ4v) is 2.33. The summed E-state index contributed by atoms with van der Waals surface area (Å²) in [7, 11) is 0. The Morgan fingerprint density at radius 2 is 1.96 bits per heavy atom. The van der Waals surface area contributed by atoms with Gasteiger partial charge in [-0.2, -0.15) is 0 Å². The van der Waals surface area contributed by atoms with E-state index in [-0.39, 0.29) is 23.4 Å². The fourth-order valence-electron chi connectivity index (χ4n) is 1.92. The average Bonchev–Trinajstić information content (AvgIpc) is 2.63. The summed E-state index contributed by atoms with van der Waals surface area (Å²) in [5.74, 6) is -1.55. The van der Waals surface area contributed by atoms with E-state index in [2.05, 4.69) is 15.9 Å². The zero-order chi connectivity index (χ0) is 19.1. The maximum absolute atomic E-state index is 12.3. The smallest absolute Gasteiger partial charge is 0.347 e. The van der Waals surface area contributed by atoms with Crippen LogP contribution in [-0.4, -0.2) is 16.9 Å². The number of ether oxygens (including phenoxy) is 2. The van der Waals surface area contributed by atoms with Crippen LogP contribution in [0.15, 0.2) is 53.2 Å². The molecule has 8 heteroatoms. The molecular weight excluding hydrogens is 406 g/mol. The third-order valence-electron chi connectivity index (χ3n) is 3.23. The lowest BCUT2D eigenvalue weighted by Crippen LogP contribution is -2.11. The van der Waals surface area contributed by atoms with Crippen LogP contribution in [0.3, 0.4) is 0 Å². The number of hydrogen-bond donors (Lipinski definition) is 0. The molecule has 0 aliphatic heterocycles. The molecule has 7 nitrogen and oxygen atoms in total. The summed E-state index contributed by atoms with van der Waals surface area (Å²) < 4.78 is 10.9. The number of benzene rings is 2. The summed E-state index contributed by atoms with van der Waals surface area (Å²) in [5, 5.41) is 10.9. The van der Waals surface area contributed by atoms with Crippen LogP contribution in [0, 0.1) is 10.1 Å². The van der Waals surface area contributed by atoms with Crippen LogP contribution in [0.2, 0.25) is 0 Å². The molecule has 0 aromatic heterocycles. The number of non-ortho nitro benzene ring substituents is 1. The molecule has 0 unspecified atom stereocenters. The molecule has 0 atom stereocenters. The van der Waals surface area contributed by atoms with Crippen molar-refractivity contribution in [1.29, 1.82) is 0 Å². The van der Waals surface area contributed by atoms with Gasteiger partial charge in [-0.15, -0.1) is 0 Å². The highest BCUT2D eigenvalue weighted by atomic mass is 79.9. The number of halogens is 1. The first-order valence-corrected chi connectivity index (χ1v) is 8.33. The number of nitrogens with zero attached hydrogens (tertiary/aromatic N) is 1. The van der Waals surface area contributed by atoms with Crippen molar-refractivity contribution in [3.63, 3.8) is 0 Å². The Morgan fingerprint density at radius 3 is 2.62 bits per heavy atom. The second kappa shape index (κ2) is 8.91. The predicted molar refractivity (Wildman–Crippen MR) is 97.6 cm³/mol. The highest BCUT2D eigenvalue weighted by molar-refractivity contribution is 9.10. The molecule has 0 saturated heterocycles. The van der Waals surface area contributed by atoms with Crippen LogP contribution < -0.4 is 4.74 Å². The van der Waals surface area contributed by atoms with Crippen LogP contribution in [0.1, 0.15) is 29.3 Å². The van der Waals surface area contributed by atoms with Crippen molar-refractivity contribution in [3.8, 4) is 5.75 Å². The van der Waals surface area contributed by atoms with Crippen molar-refractivity contribution in [3.05, 3.63) is 74.4 Å².